The first-order valence-corrected chi connectivity index (χ1v) is 7.01. The Balaban J connectivity index is 3.01. The van der Waals surface area contributed by atoms with E-state index in [2.05, 4.69) is 0 Å². The SMILES string of the molecule is CC(C)COc1ccccc1C(O)CC(F)(F)C(F)(F)C(F)(F)F. The van der Waals surface area contributed by atoms with Crippen molar-refractivity contribution in [3.8, 4) is 5.75 Å². The van der Waals surface area contributed by atoms with Gasteiger partial charge in [-0.2, -0.15) is 30.7 Å². The molecule has 0 fully saturated rings. The van der Waals surface area contributed by atoms with E-state index in [9.17, 15) is 35.8 Å². The van der Waals surface area contributed by atoms with E-state index in [1.165, 1.54) is 18.2 Å². The van der Waals surface area contributed by atoms with Crippen LogP contribution in [0.3, 0.4) is 0 Å². The summed E-state index contributed by atoms with van der Waals surface area (Å²) in [6, 6.07) is 5.21. The minimum atomic E-state index is -6.43. The predicted octanol–water partition coefficient (Wildman–Crippen LogP) is 4.98. The third kappa shape index (κ3) is 4.52. The molecule has 0 heterocycles. The smallest absolute Gasteiger partial charge is 0.459 e. The van der Waals surface area contributed by atoms with E-state index in [1.807, 2.05) is 0 Å². The molecule has 0 aliphatic rings. The van der Waals surface area contributed by atoms with Crippen LogP contribution in [-0.4, -0.2) is 29.7 Å². The van der Waals surface area contributed by atoms with Crippen LogP contribution >= 0.6 is 0 Å². The number of aliphatic hydroxyl groups excluding tert-OH is 1. The standard InChI is InChI=1S/C15H17F7O2/c1-9(2)8-24-12-6-4-3-5-10(12)11(23)7-13(16,17)14(18,19)15(20,21)22/h3-6,9,11,23H,7-8H2,1-2H3. The summed E-state index contributed by atoms with van der Waals surface area (Å²) < 4.78 is 94.3. The van der Waals surface area contributed by atoms with Crippen molar-refractivity contribution in [2.75, 3.05) is 6.61 Å². The van der Waals surface area contributed by atoms with Gasteiger partial charge in [0.25, 0.3) is 0 Å². The summed E-state index contributed by atoms with van der Waals surface area (Å²) in [6.45, 7) is 3.73. The largest absolute Gasteiger partial charge is 0.493 e. The molecule has 1 aromatic carbocycles. The third-order valence-electron chi connectivity index (χ3n) is 3.12. The van der Waals surface area contributed by atoms with Crippen LogP contribution < -0.4 is 4.74 Å². The van der Waals surface area contributed by atoms with Crippen molar-refractivity contribution in [1.29, 1.82) is 0 Å². The summed E-state index contributed by atoms with van der Waals surface area (Å²) in [6.07, 6.45) is -10.8. The lowest BCUT2D eigenvalue weighted by atomic mass is 9.98. The van der Waals surface area contributed by atoms with Gasteiger partial charge in [-0.3, -0.25) is 0 Å². The van der Waals surface area contributed by atoms with Crippen LogP contribution in [0.15, 0.2) is 24.3 Å². The maximum absolute atomic E-state index is 13.4. The number of ether oxygens (including phenoxy) is 1. The van der Waals surface area contributed by atoms with Crippen LogP contribution in [0.25, 0.3) is 0 Å². The van der Waals surface area contributed by atoms with Gasteiger partial charge in [-0.1, -0.05) is 32.0 Å². The molecule has 0 saturated heterocycles. The number of hydrogen-bond acceptors (Lipinski definition) is 2. The first-order chi connectivity index (χ1) is 10.8. The molecule has 0 aromatic heterocycles. The average Bonchev–Trinajstić information content (AvgIpc) is 2.43. The van der Waals surface area contributed by atoms with Crippen LogP contribution in [-0.2, 0) is 0 Å². The second-order valence-electron chi connectivity index (χ2n) is 5.74. The molecule has 1 rings (SSSR count). The van der Waals surface area contributed by atoms with Gasteiger partial charge in [0.1, 0.15) is 5.75 Å². The zero-order valence-electron chi connectivity index (χ0n) is 12.9. The van der Waals surface area contributed by atoms with Gasteiger partial charge in [0, 0.05) is 12.0 Å². The van der Waals surface area contributed by atoms with Crippen LogP contribution in [0, 0.1) is 5.92 Å². The van der Waals surface area contributed by atoms with Gasteiger partial charge in [-0.05, 0) is 12.0 Å². The molecule has 2 nitrogen and oxygen atoms in total. The summed E-state index contributed by atoms with van der Waals surface area (Å²) in [5.41, 5.74) is -0.282. The molecular weight excluding hydrogens is 345 g/mol. The molecule has 24 heavy (non-hydrogen) atoms. The van der Waals surface area contributed by atoms with E-state index in [-0.39, 0.29) is 23.8 Å². The first-order valence-electron chi connectivity index (χ1n) is 7.01. The number of alkyl halides is 7. The number of rotatable bonds is 7. The monoisotopic (exact) mass is 362 g/mol. The van der Waals surface area contributed by atoms with Gasteiger partial charge in [-0.25, -0.2) is 0 Å². The summed E-state index contributed by atoms with van der Waals surface area (Å²) in [5, 5.41) is 9.77. The summed E-state index contributed by atoms with van der Waals surface area (Å²) >= 11 is 0. The van der Waals surface area contributed by atoms with Crippen molar-refractivity contribution in [2.45, 2.75) is 44.4 Å². The Kier molecular flexibility index (Phi) is 6.13. The zero-order valence-corrected chi connectivity index (χ0v) is 12.9. The van der Waals surface area contributed by atoms with Gasteiger partial charge in [0.2, 0.25) is 0 Å². The first kappa shape index (κ1) is 20.5. The minimum Gasteiger partial charge on any atom is -0.493 e. The predicted molar refractivity (Wildman–Crippen MR) is 72.3 cm³/mol. The molecule has 1 unspecified atom stereocenters. The second kappa shape index (κ2) is 7.16. The molecule has 0 bridgehead atoms. The number of aliphatic hydroxyl groups is 1. The third-order valence-corrected chi connectivity index (χ3v) is 3.12. The van der Waals surface area contributed by atoms with Crippen molar-refractivity contribution in [2.24, 2.45) is 5.92 Å². The molecular formula is C15H17F7O2. The molecule has 1 aromatic rings. The van der Waals surface area contributed by atoms with Crippen LogP contribution in [0.2, 0.25) is 0 Å². The highest BCUT2D eigenvalue weighted by Gasteiger charge is 2.72. The molecule has 0 radical (unpaired) electrons. The molecule has 0 aliphatic heterocycles. The molecule has 0 saturated carbocycles. The highest BCUT2D eigenvalue weighted by Crippen LogP contribution is 2.50. The second-order valence-corrected chi connectivity index (χ2v) is 5.74. The highest BCUT2D eigenvalue weighted by atomic mass is 19.4. The molecule has 1 atom stereocenters. The Labute approximate surface area is 134 Å². The fourth-order valence-corrected chi connectivity index (χ4v) is 1.83. The highest BCUT2D eigenvalue weighted by molar-refractivity contribution is 5.35. The fraction of sp³-hybridized carbons (Fsp3) is 0.600. The van der Waals surface area contributed by atoms with Crippen molar-refractivity contribution >= 4 is 0 Å². The van der Waals surface area contributed by atoms with Gasteiger partial charge in [0.05, 0.1) is 12.7 Å². The number of benzene rings is 1. The van der Waals surface area contributed by atoms with Gasteiger partial charge >= 0.3 is 18.0 Å². The molecule has 0 spiro atoms. The number of halogens is 7. The van der Waals surface area contributed by atoms with E-state index in [4.69, 9.17) is 4.74 Å². The van der Waals surface area contributed by atoms with Crippen LogP contribution in [0.5, 0.6) is 5.75 Å². The zero-order chi connectivity index (χ0) is 18.8. The molecule has 9 heteroatoms. The maximum Gasteiger partial charge on any atom is 0.459 e. The van der Waals surface area contributed by atoms with E-state index < -0.39 is 30.5 Å². The lowest BCUT2D eigenvalue weighted by Gasteiger charge is -2.30. The summed E-state index contributed by atoms with van der Waals surface area (Å²) in [7, 11) is 0. The number of hydrogen-bond donors (Lipinski definition) is 1. The maximum atomic E-state index is 13.4. The van der Waals surface area contributed by atoms with Crippen molar-refractivity contribution < 1.29 is 40.6 Å². The Morgan fingerprint density at radius 2 is 1.54 bits per heavy atom. The lowest BCUT2D eigenvalue weighted by molar-refractivity contribution is -0.358. The van der Waals surface area contributed by atoms with Crippen molar-refractivity contribution in [1.82, 2.24) is 0 Å². The molecule has 0 amide bonds. The van der Waals surface area contributed by atoms with E-state index >= 15 is 0 Å². The quantitative estimate of drug-likeness (QED) is 0.694. The van der Waals surface area contributed by atoms with E-state index in [1.54, 1.807) is 13.8 Å². The van der Waals surface area contributed by atoms with Crippen molar-refractivity contribution in [3.05, 3.63) is 29.8 Å². The molecule has 1 N–H and O–H groups in total. The summed E-state index contributed by atoms with van der Waals surface area (Å²) in [5.74, 6) is -11.7. The Bertz CT molecular complexity index is 541. The Morgan fingerprint density at radius 1 is 1.00 bits per heavy atom. The molecule has 138 valence electrons. The average molecular weight is 362 g/mol. The van der Waals surface area contributed by atoms with Crippen LogP contribution in [0.1, 0.15) is 31.9 Å². The van der Waals surface area contributed by atoms with Crippen LogP contribution in [0.4, 0.5) is 30.7 Å². The van der Waals surface area contributed by atoms with E-state index in [0.717, 1.165) is 6.07 Å². The van der Waals surface area contributed by atoms with Crippen molar-refractivity contribution in [3.63, 3.8) is 0 Å². The normalized spacial score (nSPS) is 14.8. The fourth-order valence-electron chi connectivity index (χ4n) is 1.83. The Hall–Kier alpha value is -1.51. The minimum absolute atomic E-state index is 0.0474. The Morgan fingerprint density at radius 3 is 2.04 bits per heavy atom. The number of para-hydroxylation sites is 1. The topological polar surface area (TPSA) is 29.5 Å². The summed E-state index contributed by atoms with van der Waals surface area (Å²) in [4.78, 5) is 0. The van der Waals surface area contributed by atoms with Gasteiger partial charge in [0.15, 0.2) is 0 Å². The van der Waals surface area contributed by atoms with Gasteiger partial charge in [-0.15, -0.1) is 0 Å². The van der Waals surface area contributed by atoms with E-state index in [0.29, 0.717) is 0 Å². The van der Waals surface area contributed by atoms with Gasteiger partial charge < -0.3 is 9.84 Å². The lowest BCUT2D eigenvalue weighted by Crippen LogP contribution is -2.52. The molecule has 0 aliphatic carbocycles.